The van der Waals surface area contributed by atoms with E-state index < -0.39 is 11.2 Å². The molecule has 4 rings (SSSR count). The Kier molecular flexibility index (Phi) is 4.44. The van der Waals surface area contributed by atoms with Gasteiger partial charge in [-0.1, -0.05) is 17.8 Å². The maximum atomic E-state index is 12.7. The van der Waals surface area contributed by atoms with Crippen LogP contribution in [0.1, 0.15) is 22.3 Å². The van der Waals surface area contributed by atoms with E-state index in [9.17, 15) is 19.5 Å². The van der Waals surface area contributed by atoms with Crippen LogP contribution in [-0.2, 0) is 16.1 Å². The predicted octanol–water partition coefficient (Wildman–Crippen LogP) is 1.93. The predicted molar refractivity (Wildman–Crippen MR) is 93.6 cm³/mol. The number of thioether (sulfide) groups is 1. The molecule has 2 aliphatic heterocycles. The van der Waals surface area contributed by atoms with Crippen LogP contribution in [0, 0.1) is 0 Å². The first-order valence-corrected chi connectivity index (χ1v) is 8.98. The monoisotopic (exact) mass is 386 g/mol. The van der Waals surface area contributed by atoms with Crippen molar-refractivity contribution in [2.45, 2.75) is 23.2 Å². The Labute approximate surface area is 158 Å². The molecule has 1 fully saturated rings. The third-order valence-corrected chi connectivity index (χ3v) is 5.44. The highest BCUT2D eigenvalue weighted by Gasteiger charge is 2.40. The second kappa shape index (κ2) is 6.92. The zero-order valence-corrected chi connectivity index (χ0v) is 14.8. The molecule has 0 bridgehead atoms. The fourth-order valence-corrected chi connectivity index (χ4v) is 4.04. The summed E-state index contributed by atoms with van der Waals surface area (Å²) in [4.78, 5) is 41.6. The van der Waals surface area contributed by atoms with Crippen LogP contribution in [0.3, 0.4) is 0 Å². The van der Waals surface area contributed by atoms with Crippen LogP contribution >= 0.6 is 11.8 Å². The Morgan fingerprint density at radius 2 is 2.07 bits per heavy atom. The van der Waals surface area contributed by atoms with E-state index >= 15 is 0 Å². The van der Waals surface area contributed by atoms with Gasteiger partial charge in [-0.3, -0.25) is 14.5 Å². The Balaban J connectivity index is 1.50. The van der Waals surface area contributed by atoms with Gasteiger partial charge >= 0.3 is 5.97 Å². The Bertz CT molecular complexity index is 947. The molecule has 138 valence electrons. The van der Waals surface area contributed by atoms with Crippen LogP contribution in [0.5, 0.6) is 11.5 Å². The van der Waals surface area contributed by atoms with Gasteiger partial charge in [-0.05, 0) is 29.8 Å². The smallest absolute Gasteiger partial charge is 0.338 e. The third-order valence-electron chi connectivity index (χ3n) is 4.24. The van der Waals surface area contributed by atoms with Crippen molar-refractivity contribution in [1.82, 2.24) is 9.88 Å². The number of rotatable bonds is 5. The first-order chi connectivity index (χ1) is 13.0. The second-order valence-corrected chi connectivity index (χ2v) is 7.17. The van der Waals surface area contributed by atoms with E-state index in [0.717, 1.165) is 17.3 Å². The standard InChI is InChI=1S/C18H14N2O6S/c21-15-7-14(27-16-11(18(23)24)2-1-5-19-16)17(22)20(15)8-10-3-4-12-13(6-10)26-9-25-12/h1-6,14H,7-9H2,(H,23,24). The molecule has 1 saturated heterocycles. The lowest BCUT2D eigenvalue weighted by atomic mass is 10.2. The van der Waals surface area contributed by atoms with Gasteiger partial charge in [0.1, 0.15) is 5.03 Å². The van der Waals surface area contributed by atoms with E-state index in [2.05, 4.69) is 4.98 Å². The molecule has 9 heteroatoms. The number of pyridine rings is 1. The number of aromatic nitrogens is 1. The number of imide groups is 1. The first-order valence-electron chi connectivity index (χ1n) is 8.10. The topological polar surface area (TPSA) is 106 Å². The van der Waals surface area contributed by atoms with Crippen LogP contribution in [0.25, 0.3) is 0 Å². The van der Waals surface area contributed by atoms with E-state index in [4.69, 9.17) is 9.47 Å². The minimum Gasteiger partial charge on any atom is -0.478 e. The van der Waals surface area contributed by atoms with Crippen LogP contribution in [0.15, 0.2) is 41.6 Å². The van der Waals surface area contributed by atoms with Gasteiger partial charge in [0.05, 0.1) is 17.4 Å². The van der Waals surface area contributed by atoms with E-state index in [1.54, 1.807) is 18.2 Å². The number of nitrogens with zero attached hydrogens (tertiary/aromatic N) is 2. The lowest BCUT2D eigenvalue weighted by molar-refractivity contribution is -0.138. The minimum absolute atomic E-state index is 0.00366. The molecule has 2 aromatic rings. The van der Waals surface area contributed by atoms with Gasteiger partial charge in [0.25, 0.3) is 0 Å². The highest BCUT2D eigenvalue weighted by atomic mass is 32.2. The van der Waals surface area contributed by atoms with Crippen LogP contribution in [0.2, 0.25) is 0 Å². The Hall–Kier alpha value is -3.07. The number of carboxylic acids is 1. The molecule has 1 N–H and O–H groups in total. The summed E-state index contributed by atoms with van der Waals surface area (Å²) in [6.07, 6.45) is 1.46. The lowest BCUT2D eigenvalue weighted by Gasteiger charge is -2.15. The van der Waals surface area contributed by atoms with Crippen molar-refractivity contribution in [1.29, 1.82) is 0 Å². The third kappa shape index (κ3) is 3.33. The molecule has 8 nitrogen and oxygen atoms in total. The Morgan fingerprint density at radius 3 is 2.89 bits per heavy atom. The SMILES string of the molecule is O=C(O)c1cccnc1SC1CC(=O)N(Cc2ccc3c(c2)OCO3)C1=O. The maximum Gasteiger partial charge on any atom is 0.338 e. The number of aromatic carboxylic acids is 1. The molecule has 3 heterocycles. The van der Waals surface area contributed by atoms with Crippen molar-refractivity contribution >= 4 is 29.5 Å². The summed E-state index contributed by atoms with van der Waals surface area (Å²) in [6, 6.07) is 8.19. The van der Waals surface area contributed by atoms with Gasteiger partial charge in [-0.15, -0.1) is 0 Å². The van der Waals surface area contributed by atoms with E-state index in [1.165, 1.54) is 23.2 Å². The molecule has 1 unspecified atom stereocenters. The maximum absolute atomic E-state index is 12.7. The summed E-state index contributed by atoms with van der Waals surface area (Å²) in [5.74, 6) is -0.577. The molecule has 1 atom stereocenters. The molecule has 0 saturated carbocycles. The fourth-order valence-electron chi connectivity index (χ4n) is 2.92. The summed E-state index contributed by atoms with van der Waals surface area (Å²) >= 11 is 1.00. The molecule has 0 spiro atoms. The summed E-state index contributed by atoms with van der Waals surface area (Å²) < 4.78 is 10.6. The van der Waals surface area contributed by atoms with E-state index in [1.807, 2.05) is 0 Å². The highest BCUT2D eigenvalue weighted by molar-refractivity contribution is 8.00. The van der Waals surface area contributed by atoms with Gasteiger partial charge in [-0.25, -0.2) is 9.78 Å². The zero-order valence-electron chi connectivity index (χ0n) is 14.0. The molecule has 2 amide bonds. The quantitative estimate of drug-likeness (QED) is 0.777. The normalized spacial score (nSPS) is 18.2. The number of ether oxygens (including phenoxy) is 2. The summed E-state index contributed by atoms with van der Waals surface area (Å²) in [7, 11) is 0. The van der Waals surface area contributed by atoms with Crippen molar-refractivity contribution in [3.8, 4) is 11.5 Å². The average Bonchev–Trinajstić information content (AvgIpc) is 3.22. The van der Waals surface area contributed by atoms with Gasteiger partial charge in [-0.2, -0.15) is 0 Å². The molecule has 1 aromatic heterocycles. The van der Waals surface area contributed by atoms with Gasteiger partial charge in [0, 0.05) is 12.6 Å². The summed E-state index contributed by atoms with van der Waals surface area (Å²) in [6.45, 7) is 0.272. The second-order valence-electron chi connectivity index (χ2n) is 5.98. The molecule has 0 radical (unpaired) electrons. The van der Waals surface area contributed by atoms with Crippen molar-refractivity contribution in [3.05, 3.63) is 47.7 Å². The molecular weight excluding hydrogens is 372 g/mol. The largest absolute Gasteiger partial charge is 0.478 e. The van der Waals surface area contributed by atoms with E-state index in [0.29, 0.717) is 11.5 Å². The number of hydrogen-bond donors (Lipinski definition) is 1. The first kappa shape index (κ1) is 17.3. The fraction of sp³-hybridized carbons (Fsp3) is 0.222. The number of hydrogen-bond acceptors (Lipinski definition) is 7. The van der Waals surface area contributed by atoms with Crippen molar-refractivity contribution in [2.75, 3.05) is 6.79 Å². The van der Waals surface area contributed by atoms with Crippen LogP contribution in [-0.4, -0.2) is 44.8 Å². The molecule has 2 aliphatic rings. The van der Waals surface area contributed by atoms with Crippen molar-refractivity contribution < 1.29 is 29.0 Å². The number of likely N-dealkylation sites (tertiary alicyclic amines) is 1. The van der Waals surface area contributed by atoms with Crippen molar-refractivity contribution in [2.24, 2.45) is 0 Å². The lowest BCUT2D eigenvalue weighted by Crippen LogP contribution is -2.30. The number of carbonyl (C=O) groups is 3. The summed E-state index contributed by atoms with van der Waals surface area (Å²) in [5, 5.41) is 8.77. The number of amides is 2. The molecule has 1 aromatic carbocycles. The van der Waals surface area contributed by atoms with Crippen molar-refractivity contribution in [3.63, 3.8) is 0 Å². The summed E-state index contributed by atoms with van der Waals surface area (Å²) in [5.41, 5.74) is 0.757. The molecule has 27 heavy (non-hydrogen) atoms. The number of benzene rings is 1. The highest BCUT2D eigenvalue weighted by Crippen LogP contribution is 2.35. The minimum atomic E-state index is -1.13. The Morgan fingerprint density at radius 1 is 1.26 bits per heavy atom. The molecular formula is C18H14N2O6S. The number of carbonyl (C=O) groups excluding carboxylic acids is 2. The van der Waals surface area contributed by atoms with E-state index in [-0.39, 0.29) is 42.2 Å². The average molecular weight is 386 g/mol. The number of fused-ring (bicyclic) bond motifs is 1. The van der Waals surface area contributed by atoms with Gasteiger partial charge < -0.3 is 14.6 Å². The zero-order chi connectivity index (χ0) is 19.0. The van der Waals surface area contributed by atoms with Gasteiger partial charge in [0.2, 0.25) is 18.6 Å². The van der Waals surface area contributed by atoms with Gasteiger partial charge in [0.15, 0.2) is 11.5 Å². The number of carboxylic acid groups (broad SMARTS) is 1. The van der Waals surface area contributed by atoms with Crippen LogP contribution in [0.4, 0.5) is 0 Å². The molecule has 0 aliphatic carbocycles. The van der Waals surface area contributed by atoms with Crippen LogP contribution < -0.4 is 9.47 Å².